The first-order valence-electron chi connectivity index (χ1n) is 6.08. The highest BCUT2D eigenvalue weighted by atomic mass is 16.4. The summed E-state index contributed by atoms with van der Waals surface area (Å²) in [6, 6.07) is 0. The van der Waals surface area contributed by atoms with Gasteiger partial charge in [0.15, 0.2) is 5.78 Å². The zero-order valence-electron chi connectivity index (χ0n) is 10.3. The third-order valence-electron chi connectivity index (χ3n) is 2.55. The number of aliphatic carboxylic acids is 2. The number of carbonyl (C=O) groups is 3. The van der Waals surface area contributed by atoms with Crippen LogP contribution in [0.5, 0.6) is 0 Å². The van der Waals surface area contributed by atoms with Gasteiger partial charge in [0.1, 0.15) is 6.10 Å². The Hall–Kier alpha value is -1.43. The second kappa shape index (κ2) is 9.58. The highest BCUT2D eigenvalue weighted by molar-refractivity contribution is 5.82. The fraction of sp³-hybridized carbons (Fsp3) is 0.750. The lowest BCUT2D eigenvalue weighted by atomic mass is 10.0. The molecule has 0 aliphatic heterocycles. The van der Waals surface area contributed by atoms with Gasteiger partial charge >= 0.3 is 11.9 Å². The lowest BCUT2D eigenvalue weighted by Crippen LogP contribution is -2.20. The van der Waals surface area contributed by atoms with Crippen LogP contribution in [0, 0.1) is 0 Å². The highest BCUT2D eigenvalue weighted by Gasteiger charge is 2.14. The van der Waals surface area contributed by atoms with Crippen LogP contribution in [0.1, 0.15) is 51.4 Å². The van der Waals surface area contributed by atoms with Crippen molar-refractivity contribution in [3.8, 4) is 0 Å². The van der Waals surface area contributed by atoms with Crippen LogP contribution in [0.2, 0.25) is 0 Å². The third-order valence-corrected chi connectivity index (χ3v) is 2.55. The molecule has 0 saturated carbocycles. The van der Waals surface area contributed by atoms with Gasteiger partial charge in [-0.3, -0.25) is 14.4 Å². The zero-order chi connectivity index (χ0) is 14.0. The second-order valence-electron chi connectivity index (χ2n) is 4.22. The number of ketones is 1. The summed E-state index contributed by atoms with van der Waals surface area (Å²) in [6.07, 6.45) is 1.28. The molecule has 0 amide bonds. The van der Waals surface area contributed by atoms with Crippen LogP contribution in [0.25, 0.3) is 0 Å². The number of aliphatic hydroxyl groups is 1. The van der Waals surface area contributed by atoms with E-state index in [0.717, 1.165) is 0 Å². The van der Waals surface area contributed by atoms with E-state index in [1.54, 1.807) is 0 Å². The molecule has 0 spiro atoms. The van der Waals surface area contributed by atoms with Gasteiger partial charge in [-0.15, -0.1) is 0 Å². The summed E-state index contributed by atoms with van der Waals surface area (Å²) in [5, 5.41) is 26.3. The molecular formula is C12H20O6. The molecule has 104 valence electrons. The van der Waals surface area contributed by atoms with Gasteiger partial charge in [0.25, 0.3) is 0 Å². The molecule has 0 saturated heterocycles. The molecular weight excluding hydrogens is 240 g/mol. The average molecular weight is 260 g/mol. The normalized spacial score (nSPS) is 12.1. The quantitative estimate of drug-likeness (QED) is 0.481. The Kier molecular flexibility index (Phi) is 8.82. The fourth-order valence-corrected chi connectivity index (χ4v) is 1.52. The first-order valence-corrected chi connectivity index (χ1v) is 6.08. The highest BCUT2D eigenvalue weighted by Crippen LogP contribution is 2.09. The summed E-state index contributed by atoms with van der Waals surface area (Å²) in [5.41, 5.74) is 0. The summed E-state index contributed by atoms with van der Waals surface area (Å²) >= 11 is 0. The van der Waals surface area contributed by atoms with E-state index >= 15 is 0 Å². The first kappa shape index (κ1) is 16.6. The molecule has 0 aromatic heterocycles. The van der Waals surface area contributed by atoms with Crippen molar-refractivity contribution in [2.24, 2.45) is 0 Å². The van der Waals surface area contributed by atoms with Crippen LogP contribution in [0.3, 0.4) is 0 Å². The topological polar surface area (TPSA) is 112 Å². The maximum Gasteiger partial charge on any atom is 0.303 e. The molecule has 18 heavy (non-hydrogen) atoms. The number of hydrogen-bond donors (Lipinski definition) is 3. The molecule has 0 aliphatic carbocycles. The van der Waals surface area contributed by atoms with Gasteiger partial charge in [0, 0.05) is 19.3 Å². The Balaban J connectivity index is 3.57. The lowest BCUT2D eigenvalue weighted by Gasteiger charge is -2.08. The Morgan fingerprint density at radius 1 is 0.778 bits per heavy atom. The van der Waals surface area contributed by atoms with Crippen LogP contribution in [-0.4, -0.2) is 39.1 Å². The van der Waals surface area contributed by atoms with E-state index in [1.807, 2.05) is 0 Å². The number of Topliss-reactive ketones (excluding diaryl/α,β-unsaturated/α-hetero) is 1. The predicted molar refractivity (Wildman–Crippen MR) is 63.2 cm³/mol. The summed E-state index contributed by atoms with van der Waals surface area (Å²) in [4.78, 5) is 31.9. The second-order valence-corrected chi connectivity index (χ2v) is 4.22. The third kappa shape index (κ3) is 9.77. The van der Waals surface area contributed by atoms with Crippen LogP contribution >= 0.6 is 0 Å². The van der Waals surface area contributed by atoms with E-state index in [9.17, 15) is 19.5 Å². The lowest BCUT2D eigenvalue weighted by molar-refractivity contribution is -0.138. The van der Waals surface area contributed by atoms with Crippen molar-refractivity contribution in [3.63, 3.8) is 0 Å². The minimum Gasteiger partial charge on any atom is -0.481 e. The average Bonchev–Trinajstić information content (AvgIpc) is 2.29. The monoisotopic (exact) mass is 260 g/mol. The maximum atomic E-state index is 11.4. The number of carboxylic acid groups (broad SMARTS) is 2. The summed E-state index contributed by atoms with van der Waals surface area (Å²) < 4.78 is 0. The molecule has 6 nitrogen and oxygen atoms in total. The van der Waals surface area contributed by atoms with Gasteiger partial charge in [-0.1, -0.05) is 0 Å². The minimum absolute atomic E-state index is 0.0297. The summed E-state index contributed by atoms with van der Waals surface area (Å²) in [7, 11) is 0. The van der Waals surface area contributed by atoms with Crippen molar-refractivity contribution in [2.75, 3.05) is 0 Å². The largest absolute Gasteiger partial charge is 0.481 e. The van der Waals surface area contributed by atoms with Crippen molar-refractivity contribution in [2.45, 2.75) is 57.5 Å². The number of carboxylic acids is 2. The van der Waals surface area contributed by atoms with Gasteiger partial charge < -0.3 is 15.3 Å². The Morgan fingerprint density at radius 3 is 1.72 bits per heavy atom. The van der Waals surface area contributed by atoms with Gasteiger partial charge in [0.05, 0.1) is 0 Å². The summed E-state index contributed by atoms with van der Waals surface area (Å²) in [5.74, 6) is -2.07. The van der Waals surface area contributed by atoms with Crippen molar-refractivity contribution >= 4 is 17.7 Å². The van der Waals surface area contributed by atoms with Gasteiger partial charge in [-0.05, 0) is 32.1 Å². The van der Waals surface area contributed by atoms with E-state index in [4.69, 9.17) is 10.2 Å². The number of rotatable bonds is 11. The molecule has 0 radical (unpaired) electrons. The maximum absolute atomic E-state index is 11.4. The molecule has 0 aromatic rings. The Bertz CT molecular complexity index is 286. The first-order chi connectivity index (χ1) is 8.43. The molecule has 1 unspecified atom stereocenters. The fourth-order valence-electron chi connectivity index (χ4n) is 1.52. The molecule has 0 bridgehead atoms. The van der Waals surface area contributed by atoms with Crippen molar-refractivity contribution in [3.05, 3.63) is 0 Å². The molecule has 6 heteroatoms. The zero-order valence-corrected chi connectivity index (χ0v) is 10.3. The molecule has 0 heterocycles. The molecule has 1 atom stereocenters. The van der Waals surface area contributed by atoms with Crippen LogP contribution in [0.4, 0.5) is 0 Å². The van der Waals surface area contributed by atoms with E-state index < -0.39 is 18.0 Å². The van der Waals surface area contributed by atoms with Crippen molar-refractivity contribution in [1.29, 1.82) is 0 Å². The van der Waals surface area contributed by atoms with E-state index in [1.165, 1.54) is 0 Å². The van der Waals surface area contributed by atoms with Crippen molar-refractivity contribution in [1.82, 2.24) is 0 Å². The van der Waals surface area contributed by atoms with E-state index in [0.29, 0.717) is 25.7 Å². The molecule has 0 aliphatic rings. The number of aliphatic hydroxyl groups excluding tert-OH is 1. The van der Waals surface area contributed by atoms with Gasteiger partial charge in [-0.25, -0.2) is 0 Å². The van der Waals surface area contributed by atoms with Crippen LogP contribution in [0.15, 0.2) is 0 Å². The number of hydrogen-bond acceptors (Lipinski definition) is 4. The van der Waals surface area contributed by atoms with Crippen LogP contribution < -0.4 is 0 Å². The molecule has 3 N–H and O–H groups in total. The van der Waals surface area contributed by atoms with E-state index in [2.05, 4.69) is 0 Å². The predicted octanol–water partition coefficient (Wildman–Crippen LogP) is 1.21. The summed E-state index contributed by atoms with van der Waals surface area (Å²) in [6.45, 7) is 0. The van der Waals surface area contributed by atoms with Crippen molar-refractivity contribution < 1.29 is 29.7 Å². The molecule has 0 aromatic carbocycles. The van der Waals surface area contributed by atoms with Gasteiger partial charge in [-0.2, -0.15) is 0 Å². The molecule has 0 fully saturated rings. The Morgan fingerprint density at radius 2 is 1.22 bits per heavy atom. The number of carbonyl (C=O) groups excluding carboxylic acids is 1. The van der Waals surface area contributed by atoms with Crippen LogP contribution in [-0.2, 0) is 14.4 Å². The van der Waals surface area contributed by atoms with E-state index in [-0.39, 0.29) is 31.5 Å². The van der Waals surface area contributed by atoms with Gasteiger partial charge in [0.2, 0.25) is 0 Å². The number of unbranched alkanes of at least 4 members (excludes halogenated alkanes) is 2. The minimum atomic E-state index is -1.05. The standard InChI is InChI=1S/C12H20O6/c13-9(5-1-3-7-11(15)16)10(14)6-2-4-8-12(17)18/h9,13H,1-8H2,(H,15,16)(H,17,18). The molecule has 0 rings (SSSR count). The SMILES string of the molecule is O=C(O)CCCCC(=O)C(O)CCCCC(=O)O. The Labute approximate surface area is 106 Å². The smallest absolute Gasteiger partial charge is 0.303 e.